The summed E-state index contributed by atoms with van der Waals surface area (Å²) in [6.45, 7) is 0.193. The standard InChI is InChI=1S/C25H28N2O4S/c1-30-20-13-11-18(12-14-20)23(24(28)26-19-7-3-2-4-8-19)27(17-21-9-5-15-31-21)25(29)22-10-6-16-32-22/h5-6,9-16,19,23H,2-4,7-8,17H2,1H3,(H,26,28). The summed E-state index contributed by atoms with van der Waals surface area (Å²) in [6.07, 6.45) is 6.95. The molecule has 1 saturated carbocycles. The Morgan fingerprint density at radius 2 is 1.91 bits per heavy atom. The summed E-state index contributed by atoms with van der Waals surface area (Å²) < 4.78 is 10.8. The molecule has 1 aliphatic rings. The molecule has 2 amide bonds. The van der Waals surface area contributed by atoms with Gasteiger partial charge in [-0.2, -0.15) is 0 Å². The lowest BCUT2D eigenvalue weighted by atomic mass is 9.94. The zero-order valence-electron chi connectivity index (χ0n) is 18.2. The van der Waals surface area contributed by atoms with Crippen LogP contribution in [0.5, 0.6) is 5.75 Å². The number of hydrogen-bond donors (Lipinski definition) is 1. The van der Waals surface area contributed by atoms with Gasteiger partial charge in [-0.15, -0.1) is 11.3 Å². The first kappa shape index (κ1) is 22.1. The number of hydrogen-bond acceptors (Lipinski definition) is 5. The van der Waals surface area contributed by atoms with E-state index in [1.54, 1.807) is 30.4 Å². The van der Waals surface area contributed by atoms with Crippen molar-refractivity contribution in [3.05, 3.63) is 76.4 Å². The molecule has 2 heterocycles. The third kappa shape index (κ3) is 5.22. The molecule has 1 fully saturated rings. The molecule has 7 heteroatoms. The Bertz CT molecular complexity index is 993. The van der Waals surface area contributed by atoms with Crippen LogP contribution in [0, 0.1) is 0 Å². The highest BCUT2D eigenvalue weighted by Crippen LogP contribution is 2.29. The first-order chi connectivity index (χ1) is 15.7. The lowest BCUT2D eigenvalue weighted by molar-refractivity contribution is -0.127. The third-order valence-corrected chi connectivity index (χ3v) is 6.70. The molecule has 1 unspecified atom stereocenters. The number of furan rings is 1. The first-order valence-corrected chi connectivity index (χ1v) is 11.8. The van der Waals surface area contributed by atoms with Crippen molar-refractivity contribution in [1.29, 1.82) is 0 Å². The fraction of sp³-hybridized carbons (Fsp3) is 0.360. The van der Waals surface area contributed by atoms with Gasteiger partial charge in [0.15, 0.2) is 0 Å². The van der Waals surface area contributed by atoms with Gasteiger partial charge in [-0.3, -0.25) is 9.59 Å². The number of carbonyl (C=O) groups is 2. The van der Waals surface area contributed by atoms with Gasteiger partial charge in [0.2, 0.25) is 5.91 Å². The highest BCUT2D eigenvalue weighted by atomic mass is 32.1. The van der Waals surface area contributed by atoms with Crippen molar-refractivity contribution in [2.75, 3.05) is 7.11 Å². The molecule has 1 aromatic carbocycles. The van der Waals surface area contributed by atoms with Gasteiger partial charge < -0.3 is 19.4 Å². The molecule has 1 aliphatic carbocycles. The molecule has 0 bridgehead atoms. The van der Waals surface area contributed by atoms with E-state index >= 15 is 0 Å². The zero-order valence-corrected chi connectivity index (χ0v) is 19.0. The van der Waals surface area contributed by atoms with Gasteiger partial charge in [-0.25, -0.2) is 0 Å². The Balaban J connectivity index is 1.70. The highest BCUT2D eigenvalue weighted by molar-refractivity contribution is 7.12. The number of ether oxygens (including phenoxy) is 1. The average molecular weight is 453 g/mol. The van der Waals surface area contributed by atoms with Gasteiger partial charge in [0.1, 0.15) is 17.6 Å². The van der Waals surface area contributed by atoms with E-state index < -0.39 is 6.04 Å². The maximum absolute atomic E-state index is 13.6. The molecule has 0 aliphatic heterocycles. The average Bonchev–Trinajstić information content (AvgIpc) is 3.54. The Labute approximate surface area is 192 Å². The molecule has 3 aromatic rings. The number of thiophene rings is 1. The molecular weight excluding hydrogens is 424 g/mol. The maximum atomic E-state index is 13.6. The lowest BCUT2D eigenvalue weighted by Crippen LogP contribution is -2.46. The molecule has 32 heavy (non-hydrogen) atoms. The van der Waals surface area contributed by atoms with Gasteiger partial charge >= 0.3 is 0 Å². The lowest BCUT2D eigenvalue weighted by Gasteiger charge is -2.32. The summed E-state index contributed by atoms with van der Waals surface area (Å²) in [4.78, 5) is 29.4. The number of benzene rings is 1. The van der Waals surface area contributed by atoms with Crippen molar-refractivity contribution in [2.24, 2.45) is 0 Å². The van der Waals surface area contributed by atoms with Crippen LogP contribution in [0.25, 0.3) is 0 Å². The number of amides is 2. The molecule has 0 radical (unpaired) electrons. The Morgan fingerprint density at radius 3 is 2.53 bits per heavy atom. The van der Waals surface area contributed by atoms with Crippen LogP contribution in [-0.2, 0) is 11.3 Å². The summed E-state index contributed by atoms with van der Waals surface area (Å²) >= 11 is 1.36. The molecule has 168 valence electrons. The van der Waals surface area contributed by atoms with Crippen LogP contribution in [0.1, 0.15) is 59.1 Å². The Morgan fingerprint density at radius 1 is 1.12 bits per heavy atom. The van der Waals surface area contributed by atoms with Crippen LogP contribution >= 0.6 is 11.3 Å². The molecule has 1 N–H and O–H groups in total. The summed E-state index contributed by atoms with van der Waals surface area (Å²) in [5.41, 5.74) is 0.732. The van der Waals surface area contributed by atoms with Gasteiger partial charge in [-0.05, 0) is 54.1 Å². The smallest absolute Gasteiger partial charge is 0.265 e. The minimum atomic E-state index is -0.789. The predicted molar refractivity (Wildman–Crippen MR) is 124 cm³/mol. The second-order valence-corrected chi connectivity index (χ2v) is 8.96. The van der Waals surface area contributed by atoms with Crippen molar-refractivity contribution in [3.63, 3.8) is 0 Å². The number of rotatable bonds is 8. The van der Waals surface area contributed by atoms with E-state index in [-0.39, 0.29) is 24.4 Å². The fourth-order valence-corrected chi connectivity index (χ4v) is 4.86. The fourth-order valence-electron chi connectivity index (χ4n) is 4.18. The Kier molecular flexibility index (Phi) is 7.27. The van der Waals surface area contributed by atoms with Crippen LogP contribution in [0.15, 0.2) is 64.6 Å². The SMILES string of the molecule is COc1ccc(C(C(=O)NC2CCCCC2)N(Cc2ccco2)C(=O)c2cccs2)cc1. The molecule has 2 aromatic heterocycles. The summed E-state index contributed by atoms with van der Waals surface area (Å²) in [7, 11) is 1.60. The van der Waals surface area contributed by atoms with Crippen molar-refractivity contribution in [2.45, 2.75) is 50.7 Å². The van der Waals surface area contributed by atoms with Crippen molar-refractivity contribution in [1.82, 2.24) is 10.2 Å². The van der Waals surface area contributed by atoms with E-state index in [1.807, 2.05) is 41.8 Å². The summed E-state index contributed by atoms with van der Waals surface area (Å²) in [6, 6.07) is 13.9. The quantitative estimate of drug-likeness (QED) is 0.511. The maximum Gasteiger partial charge on any atom is 0.265 e. The number of carbonyl (C=O) groups excluding carboxylic acids is 2. The summed E-state index contributed by atoms with van der Waals surface area (Å²) in [5.74, 6) is 0.954. The van der Waals surface area contributed by atoms with Crippen LogP contribution in [0.3, 0.4) is 0 Å². The number of nitrogens with one attached hydrogen (secondary N) is 1. The number of methoxy groups -OCH3 is 1. The van der Waals surface area contributed by atoms with E-state index in [2.05, 4.69) is 5.32 Å². The van der Waals surface area contributed by atoms with E-state index in [1.165, 1.54) is 17.8 Å². The van der Waals surface area contributed by atoms with E-state index in [0.29, 0.717) is 16.4 Å². The monoisotopic (exact) mass is 452 g/mol. The molecular formula is C25H28N2O4S. The van der Waals surface area contributed by atoms with E-state index in [4.69, 9.17) is 9.15 Å². The normalized spacial score (nSPS) is 15.2. The predicted octanol–water partition coefficient (Wildman–Crippen LogP) is 5.18. The van der Waals surface area contributed by atoms with Gasteiger partial charge in [0.25, 0.3) is 5.91 Å². The van der Waals surface area contributed by atoms with E-state index in [9.17, 15) is 9.59 Å². The Hall–Kier alpha value is -3.06. The third-order valence-electron chi connectivity index (χ3n) is 5.84. The van der Waals surface area contributed by atoms with Crippen LogP contribution in [-0.4, -0.2) is 29.9 Å². The van der Waals surface area contributed by atoms with Gasteiger partial charge in [0, 0.05) is 6.04 Å². The van der Waals surface area contributed by atoms with Gasteiger partial charge in [0.05, 0.1) is 24.8 Å². The van der Waals surface area contributed by atoms with Crippen molar-refractivity contribution in [3.8, 4) is 5.75 Å². The molecule has 0 spiro atoms. The molecule has 6 nitrogen and oxygen atoms in total. The second kappa shape index (κ2) is 10.5. The van der Waals surface area contributed by atoms with Crippen LogP contribution < -0.4 is 10.1 Å². The zero-order chi connectivity index (χ0) is 22.3. The van der Waals surface area contributed by atoms with Crippen molar-refractivity contribution < 1.29 is 18.7 Å². The summed E-state index contributed by atoms with van der Waals surface area (Å²) in [5, 5.41) is 5.08. The number of nitrogens with zero attached hydrogens (tertiary/aromatic N) is 1. The topological polar surface area (TPSA) is 71.8 Å². The molecule has 4 rings (SSSR count). The van der Waals surface area contributed by atoms with Crippen molar-refractivity contribution >= 4 is 23.2 Å². The van der Waals surface area contributed by atoms with Crippen LogP contribution in [0.2, 0.25) is 0 Å². The second-order valence-electron chi connectivity index (χ2n) is 8.01. The van der Waals surface area contributed by atoms with Gasteiger partial charge in [-0.1, -0.05) is 37.5 Å². The highest BCUT2D eigenvalue weighted by Gasteiger charge is 2.34. The minimum Gasteiger partial charge on any atom is -0.497 e. The largest absolute Gasteiger partial charge is 0.497 e. The molecule has 1 atom stereocenters. The van der Waals surface area contributed by atoms with Crippen LogP contribution in [0.4, 0.5) is 0 Å². The van der Waals surface area contributed by atoms with E-state index in [0.717, 1.165) is 31.2 Å². The minimum absolute atomic E-state index is 0.138. The molecule has 0 saturated heterocycles. The first-order valence-electron chi connectivity index (χ1n) is 11.0.